The minimum Gasteiger partial charge on any atom is -0.465 e. The van der Waals surface area contributed by atoms with Crippen LogP contribution in [0.3, 0.4) is 0 Å². The lowest BCUT2D eigenvalue weighted by molar-refractivity contribution is -0.142. The van der Waals surface area contributed by atoms with Gasteiger partial charge in [0.15, 0.2) is 5.16 Å². The third-order valence-corrected chi connectivity index (χ3v) is 3.74. The third-order valence-electron chi connectivity index (χ3n) is 2.72. The van der Waals surface area contributed by atoms with Gasteiger partial charge in [-0.15, -0.1) is 10.2 Å². The molecule has 0 aromatic carbocycles. The largest absolute Gasteiger partial charge is 0.465 e. The zero-order valence-corrected chi connectivity index (χ0v) is 12.4. The van der Waals surface area contributed by atoms with Crippen molar-refractivity contribution < 1.29 is 9.53 Å². The molecule has 2 heterocycles. The van der Waals surface area contributed by atoms with E-state index in [0.717, 1.165) is 5.69 Å². The predicted molar refractivity (Wildman–Crippen MR) is 74.9 cm³/mol. The second-order valence-electron chi connectivity index (χ2n) is 4.13. The molecule has 2 aromatic heterocycles. The number of nitrogens with zero attached hydrogens (tertiary/aromatic N) is 3. The molecule has 0 unspecified atom stereocenters. The van der Waals surface area contributed by atoms with Gasteiger partial charge in [0, 0.05) is 11.8 Å². The summed E-state index contributed by atoms with van der Waals surface area (Å²) in [5, 5.41) is 8.13. The van der Waals surface area contributed by atoms with E-state index in [0.29, 0.717) is 24.0 Å². The first-order valence-corrected chi connectivity index (χ1v) is 7.25. The Hall–Kier alpha value is -1.83. The SMILES string of the molecule is CCOC(=O)[C@@H](C)Sc1nnc2[nH]c(=O)cc(CC)n12. The Kier molecular flexibility index (Phi) is 4.43. The van der Waals surface area contributed by atoms with Crippen LogP contribution in [-0.2, 0) is 16.0 Å². The number of aromatic amines is 1. The Bertz CT molecular complexity index is 679. The van der Waals surface area contributed by atoms with Crippen LogP contribution in [0.15, 0.2) is 16.0 Å². The summed E-state index contributed by atoms with van der Waals surface area (Å²) in [7, 11) is 0. The van der Waals surface area contributed by atoms with Gasteiger partial charge in [0.1, 0.15) is 5.25 Å². The van der Waals surface area contributed by atoms with Crippen LogP contribution in [-0.4, -0.2) is 37.4 Å². The molecule has 0 aliphatic heterocycles. The minimum atomic E-state index is -0.390. The summed E-state index contributed by atoms with van der Waals surface area (Å²) >= 11 is 1.26. The molecule has 2 aromatic rings. The Morgan fingerprint density at radius 2 is 2.25 bits per heavy atom. The number of thioether (sulfide) groups is 1. The van der Waals surface area contributed by atoms with Crippen molar-refractivity contribution in [3.05, 3.63) is 22.1 Å². The summed E-state index contributed by atoms with van der Waals surface area (Å²) in [6.45, 7) is 5.80. The van der Waals surface area contributed by atoms with Crippen molar-refractivity contribution in [3.8, 4) is 0 Å². The summed E-state index contributed by atoms with van der Waals surface area (Å²) < 4.78 is 6.72. The molecule has 0 radical (unpaired) electrons. The van der Waals surface area contributed by atoms with E-state index >= 15 is 0 Å². The summed E-state index contributed by atoms with van der Waals surface area (Å²) in [6.07, 6.45) is 0.666. The van der Waals surface area contributed by atoms with Gasteiger partial charge in [-0.2, -0.15) is 0 Å². The van der Waals surface area contributed by atoms with Gasteiger partial charge < -0.3 is 4.74 Å². The summed E-state index contributed by atoms with van der Waals surface area (Å²) in [6, 6.07) is 1.51. The Morgan fingerprint density at radius 3 is 2.90 bits per heavy atom. The highest BCUT2D eigenvalue weighted by molar-refractivity contribution is 8.00. The lowest BCUT2D eigenvalue weighted by Crippen LogP contribution is -2.17. The fraction of sp³-hybridized carbons (Fsp3) is 0.500. The van der Waals surface area contributed by atoms with Crippen LogP contribution in [0.5, 0.6) is 0 Å². The van der Waals surface area contributed by atoms with Crippen molar-refractivity contribution in [2.45, 2.75) is 37.6 Å². The van der Waals surface area contributed by atoms with Crippen LogP contribution in [0.25, 0.3) is 5.78 Å². The summed E-state index contributed by atoms with van der Waals surface area (Å²) in [4.78, 5) is 25.7. The molecule has 0 amide bonds. The van der Waals surface area contributed by atoms with E-state index in [1.807, 2.05) is 6.92 Å². The van der Waals surface area contributed by atoms with Crippen LogP contribution in [0.4, 0.5) is 0 Å². The molecule has 2 rings (SSSR count). The number of hydrogen-bond acceptors (Lipinski definition) is 6. The van der Waals surface area contributed by atoms with Crippen molar-refractivity contribution in [2.24, 2.45) is 0 Å². The molecule has 20 heavy (non-hydrogen) atoms. The van der Waals surface area contributed by atoms with Gasteiger partial charge in [0.25, 0.3) is 5.56 Å². The van der Waals surface area contributed by atoms with E-state index < -0.39 is 0 Å². The maximum absolute atomic E-state index is 11.7. The molecule has 0 fully saturated rings. The van der Waals surface area contributed by atoms with E-state index in [-0.39, 0.29) is 16.8 Å². The fourth-order valence-corrected chi connectivity index (χ4v) is 2.65. The van der Waals surface area contributed by atoms with Crippen molar-refractivity contribution in [1.29, 1.82) is 0 Å². The zero-order valence-electron chi connectivity index (χ0n) is 11.5. The number of nitrogens with one attached hydrogen (secondary N) is 1. The third kappa shape index (κ3) is 2.84. The second-order valence-corrected chi connectivity index (χ2v) is 5.44. The second kappa shape index (κ2) is 6.08. The number of carbonyl (C=O) groups is 1. The number of carbonyl (C=O) groups excluding carboxylic acids is 1. The summed E-state index contributed by atoms with van der Waals surface area (Å²) in [5.41, 5.74) is 0.587. The molecule has 108 valence electrons. The van der Waals surface area contributed by atoms with Crippen molar-refractivity contribution in [3.63, 3.8) is 0 Å². The predicted octanol–water partition coefficient (Wildman–Crippen LogP) is 1.02. The van der Waals surface area contributed by atoms with Crippen molar-refractivity contribution >= 4 is 23.5 Å². The molecular formula is C12H16N4O3S. The fourth-order valence-electron chi connectivity index (χ4n) is 1.77. The van der Waals surface area contributed by atoms with E-state index in [1.165, 1.54) is 17.8 Å². The first kappa shape index (κ1) is 14.6. The van der Waals surface area contributed by atoms with E-state index in [4.69, 9.17) is 4.74 Å². The molecule has 0 bridgehead atoms. The summed E-state index contributed by atoms with van der Waals surface area (Å²) in [5.74, 6) is 0.0876. The maximum Gasteiger partial charge on any atom is 0.319 e. The minimum absolute atomic E-state index is 0.211. The number of aryl methyl sites for hydroxylation is 1. The highest BCUT2D eigenvalue weighted by Crippen LogP contribution is 2.23. The van der Waals surface area contributed by atoms with Gasteiger partial charge in [-0.05, 0) is 20.3 Å². The highest BCUT2D eigenvalue weighted by Gasteiger charge is 2.20. The number of ether oxygens (including phenoxy) is 1. The van der Waals surface area contributed by atoms with Crippen molar-refractivity contribution in [1.82, 2.24) is 19.6 Å². The van der Waals surface area contributed by atoms with Gasteiger partial charge >= 0.3 is 5.97 Å². The van der Waals surface area contributed by atoms with E-state index in [2.05, 4.69) is 15.2 Å². The monoisotopic (exact) mass is 296 g/mol. The number of esters is 1. The Balaban J connectivity index is 2.36. The lowest BCUT2D eigenvalue weighted by atomic mass is 10.3. The molecule has 0 spiro atoms. The topological polar surface area (TPSA) is 89.3 Å². The molecule has 7 nitrogen and oxygen atoms in total. The molecule has 8 heteroatoms. The normalized spacial score (nSPS) is 12.6. The molecule has 0 saturated carbocycles. The average molecular weight is 296 g/mol. The van der Waals surface area contributed by atoms with Crippen LogP contribution >= 0.6 is 11.8 Å². The maximum atomic E-state index is 11.7. The number of H-pyrrole nitrogens is 1. The van der Waals surface area contributed by atoms with Crippen LogP contribution in [0.1, 0.15) is 26.5 Å². The number of aromatic nitrogens is 4. The molecular weight excluding hydrogens is 280 g/mol. The number of hydrogen-bond donors (Lipinski definition) is 1. The van der Waals surface area contributed by atoms with Crippen LogP contribution in [0.2, 0.25) is 0 Å². The average Bonchev–Trinajstić information content (AvgIpc) is 2.81. The van der Waals surface area contributed by atoms with Gasteiger partial charge in [-0.25, -0.2) is 0 Å². The van der Waals surface area contributed by atoms with Crippen LogP contribution < -0.4 is 5.56 Å². The van der Waals surface area contributed by atoms with Crippen LogP contribution in [0, 0.1) is 0 Å². The highest BCUT2D eigenvalue weighted by atomic mass is 32.2. The standard InChI is InChI=1S/C12H16N4O3S/c1-4-8-6-9(17)13-11-14-15-12(16(8)11)20-7(3)10(18)19-5-2/h6-7H,4-5H2,1-3H3,(H,13,14,17)/t7-/m1/s1. The molecule has 1 atom stereocenters. The van der Waals surface area contributed by atoms with E-state index in [1.54, 1.807) is 18.2 Å². The van der Waals surface area contributed by atoms with Gasteiger partial charge in [0.2, 0.25) is 5.78 Å². The van der Waals surface area contributed by atoms with Gasteiger partial charge in [-0.3, -0.25) is 19.0 Å². The molecule has 1 N–H and O–H groups in total. The first-order valence-electron chi connectivity index (χ1n) is 6.37. The smallest absolute Gasteiger partial charge is 0.319 e. The van der Waals surface area contributed by atoms with Crippen molar-refractivity contribution in [2.75, 3.05) is 6.61 Å². The van der Waals surface area contributed by atoms with Gasteiger partial charge in [0.05, 0.1) is 6.61 Å². The molecule has 0 aliphatic rings. The molecule has 0 aliphatic carbocycles. The quantitative estimate of drug-likeness (QED) is 0.654. The number of rotatable bonds is 5. The van der Waals surface area contributed by atoms with E-state index in [9.17, 15) is 9.59 Å². The lowest BCUT2D eigenvalue weighted by Gasteiger charge is -2.09. The Morgan fingerprint density at radius 1 is 1.50 bits per heavy atom. The molecule has 0 saturated heterocycles. The zero-order chi connectivity index (χ0) is 14.7. The number of fused-ring (bicyclic) bond motifs is 1. The van der Waals surface area contributed by atoms with Gasteiger partial charge in [-0.1, -0.05) is 18.7 Å². The Labute approximate surface area is 119 Å². The first-order chi connectivity index (χ1) is 9.56.